The van der Waals surface area contributed by atoms with E-state index in [0.29, 0.717) is 11.5 Å². The largest absolute Gasteiger partial charge is 0.509 e. The summed E-state index contributed by atoms with van der Waals surface area (Å²) in [5.41, 5.74) is 10.7. The number of anilines is 4. The van der Waals surface area contributed by atoms with Crippen molar-refractivity contribution in [3.8, 4) is 28.4 Å². The van der Waals surface area contributed by atoms with Crippen molar-refractivity contribution in [3.63, 3.8) is 0 Å². The van der Waals surface area contributed by atoms with Crippen LogP contribution in [0.15, 0.2) is 182 Å². The van der Waals surface area contributed by atoms with E-state index < -0.39 is 0 Å². The first-order chi connectivity index (χ1) is 29.1. The van der Waals surface area contributed by atoms with Crippen molar-refractivity contribution >= 4 is 77.1 Å². The maximum absolute atomic E-state index is 6.63. The van der Waals surface area contributed by atoms with Gasteiger partial charge in [0.1, 0.15) is 5.82 Å². The normalized spacial score (nSPS) is 12.5. The summed E-state index contributed by atoms with van der Waals surface area (Å²) >= 11 is 0. The molecule has 12 rings (SSSR count). The second kappa shape index (κ2) is 14.3. The van der Waals surface area contributed by atoms with Crippen molar-refractivity contribution in [2.45, 2.75) is 0 Å². The molecular formula is C53H34N5OPt-3. The zero-order valence-corrected chi connectivity index (χ0v) is 34.6. The number of nitrogens with zero attached hydrogens (tertiary/aromatic N) is 5. The summed E-state index contributed by atoms with van der Waals surface area (Å²) < 4.78 is 11.1. The Labute approximate surface area is 361 Å². The Morgan fingerprint density at radius 2 is 1.20 bits per heavy atom. The molecule has 0 fully saturated rings. The Balaban J connectivity index is 0.00000408. The number of benzene rings is 8. The Kier molecular flexibility index (Phi) is 8.57. The van der Waals surface area contributed by atoms with Crippen LogP contribution in [0.3, 0.4) is 0 Å². The van der Waals surface area contributed by atoms with Crippen LogP contribution in [0.5, 0.6) is 11.5 Å². The molecule has 1 aliphatic rings. The molecule has 4 heterocycles. The van der Waals surface area contributed by atoms with Gasteiger partial charge < -0.3 is 23.7 Å². The second-order valence-electron chi connectivity index (χ2n) is 15.0. The van der Waals surface area contributed by atoms with Crippen molar-refractivity contribution in [1.29, 1.82) is 0 Å². The third-order valence-electron chi connectivity index (χ3n) is 11.6. The summed E-state index contributed by atoms with van der Waals surface area (Å²) in [6.45, 7) is 2.11. The maximum atomic E-state index is 6.63. The van der Waals surface area contributed by atoms with Crippen LogP contribution in [0, 0.1) is 18.8 Å². The molecule has 11 aromatic rings. The number of fused-ring (bicyclic) bond motifs is 8. The Morgan fingerprint density at radius 1 is 0.517 bits per heavy atom. The second-order valence-corrected chi connectivity index (χ2v) is 15.0. The third kappa shape index (κ3) is 5.78. The molecule has 0 N–H and O–H groups in total. The predicted molar refractivity (Wildman–Crippen MR) is 241 cm³/mol. The molecule has 0 unspecified atom stereocenters. The standard InChI is InChI=1S/C53H34N5O.Pt/c1-55-50-29-37-16-9-8-15-36(37)27-45(50)46-33-54-53(32-51(46)55)58-47-26-23-38(35-13-4-2-5-14-35)28-44(47)43-25-24-42(31-52(43)58)59-41-20-12-19-40(30-41)57-34-56(39-17-6-3-7-18-39)48-21-10-11-22-49(48)57;/h2-29,32-34H,1H3;/q-3;. The zero-order valence-electron chi connectivity index (χ0n) is 32.4. The summed E-state index contributed by atoms with van der Waals surface area (Å²) in [5.74, 6) is 2.00. The van der Waals surface area contributed by atoms with E-state index in [4.69, 9.17) is 9.72 Å². The number of pyridine rings is 1. The quantitative estimate of drug-likeness (QED) is 0.156. The van der Waals surface area contributed by atoms with Crippen LogP contribution in [-0.4, -0.2) is 14.1 Å². The summed E-state index contributed by atoms with van der Waals surface area (Å²) in [6.07, 6.45) is 2.02. The van der Waals surface area contributed by atoms with Crippen LogP contribution < -0.4 is 14.5 Å². The van der Waals surface area contributed by atoms with E-state index >= 15 is 0 Å². The molecule has 0 aliphatic carbocycles. The fourth-order valence-electron chi connectivity index (χ4n) is 8.78. The molecule has 290 valence electrons. The van der Waals surface area contributed by atoms with Gasteiger partial charge in [-0.2, -0.15) is 12.1 Å². The Hall–Kier alpha value is -7.14. The smallest absolute Gasteiger partial charge is 0.137 e. The van der Waals surface area contributed by atoms with E-state index in [1.807, 2.05) is 30.5 Å². The van der Waals surface area contributed by atoms with Gasteiger partial charge in [0.25, 0.3) is 0 Å². The minimum atomic E-state index is 0. The monoisotopic (exact) mass is 951 g/mol. The molecule has 7 heteroatoms. The minimum absolute atomic E-state index is 0. The van der Waals surface area contributed by atoms with Crippen LogP contribution in [0.4, 0.5) is 22.7 Å². The average molecular weight is 952 g/mol. The van der Waals surface area contributed by atoms with Crippen LogP contribution in [0.25, 0.3) is 71.3 Å². The number of hydrogen-bond donors (Lipinski definition) is 0. The first-order valence-corrected chi connectivity index (χ1v) is 19.8. The molecule has 0 saturated heterocycles. The van der Waals surface area contributed by atoms with Gasteiger partial charge in [-0.25, -0.2) is 4.98 Å². The van der Waals surface area contributed by atoms with Crippen molar-refractivity contribution in [3.05, 3.63) is 201 Å². The van der Waals surface area contributed by atoms with E-state index in [0.717, 1.165) is 66.8 Å². The number of rotatable bonds is 6. The van der Waals surface area contributed by atoms with Gasteiger partial charge in [0, 0.05) is 90.7 Å². The number of hydrogen-bond acceptors (Lipinski definition) is 4. The number of aromatic nitrogens is 3. The molecule has 0 saturated carbocycles. The SMILES string of the molecule is Cn1c2cc(-n3c4[c-]c(Oc5[c-]c(N6[CH-]N(c7ccccc7)c7ccccc76)ccc5)ccc4c4cc(-c5ccccc5)ccc43)ncc2c2cc3ccccc3cc21.[Pt]. The molecule has 0 bridgehead atoms. The molecule has 0 radical (unpaired) electrons. The van der Waals surface area contributed by atoms with Gasteiger partial charge in [-0.1, -0.05) is 103 Å². The number of para-hydroxylation sites is 3. The van der Waals surface area contributed by atoms with E-state index in [2.05, 4.69) is 196 Å². The fourth-order valence-corrected chi connectivity index (χ4v) is 8.78. The Morgan fingerprint density at radius 3 is 2.02 bits per heavy atom. The van der Waals surface area contributed by atoms with Crippen molar-refractivity contribution < 1.29 is 25.8 Å². The first kappa shape index (κ1) is 36.0. The predicted octanol–water partition coefficient (Wildman–Crippen LogP) is 13.4. The maximum Gasteiger partial charge on any atom is 0.137 e. The van der Waals surface area contributed by atoms with Gasteiger partial charge in [0.05, 0.1) is 5.52 Å². The van der Waals surface area contributed by atoms with E-state index in [1.165, 1.54) is 27.2 Å². The molecule has 6 nitrogen and oxygen atoms in total. The zero-order chi connectivity index (χ0) is 39.0. The van der Waals surface area contributed by atoms with Gasteiger partial charge in [0.2, 0.25) is 0 Å². The molecule has 0 spiro atoms. The molecule has 8 aromatic carbocycles. The third-order valence-corrected chi connectivity index (χ3v) is 11.6. The fraction of sp³-hybridized carbons (Fsp3) is 0.0189. The molecular weight excluding hydrogens is 918 g/mol. The van der Waals surface area contributed by atoms with Gasteiger partial charge in [0.15, 0.2) is 0 Å². The minimum Gasteiger partial charge on any atom is -0.509 e. The van der Waals surface area contributed by atoms with Crippen LogP contribution in [-0.2, 0) is 28.1 Å². The topological polar surface area (TPSA) is 38.5 Å². The summed E-state index contributed by atoms with van der Waals surface area (Å²) in [5, 5.41) is 6.94. The Bertz CT molecular complexity index is 3430. The first-order valence-electron chi connectivity index (χ1n) is 19.8. The van der Waals surface area contributed by atoms with Crippen LogP contribution in [0.2, 0.25) is 0 Å². The molecule has 1 aliphatic heterocycles. The average Bonchev–Trinajstić information content (AvgIpc) is 3.93. The van der Waals surface area contributed by atoms with E-state index in [9.17, 15) is 0 Å². The molecule has 60 heavy (non-hydrogen) atoms. The van der Waals surface area contributed by atoms with Gasteiger partial charge in [-0.05, 0) is 69.8 Å². The molecule has 3 aromatic heterocycles. The van der Waals surface area contributed by atoms with Crippen LogP contribution >= 0.6 is 0 Å². The van der Waals surface area contributed by atoms with E-state index in [1.54, 1.807) is 0 Å². The van der Waals surface area contributed by atoms with Crippen molar-refractivity contribution in [2.24, 2.45) is 7.05 Å². The number of aryl methyl sites for hydroxylation is 1. The van der Waals surface area contributed by atoms with Crippen molar-refractivity contribution in [2.75, 3.05) is 9.80 Å². The van der Waals surface area contributed by atoms with Crippen molar-refractivity contribution in [1.82, 2.24) is 14.1 Å². The summed E-state index contributed by atoms with van der Waals surface area (Å²) in [4.78, 5) is 9.51. The molecule has 0 amide bonds. The summed E-state index contributed by atoms with van der Waals surface area (Å²) in [6, 6.07) is 68.6. The summed E-state index contributed by atoms with van der Waals surface area (Å²) in [7, 11) is 2.14. The van der Waals surface area contributed by atoms with Gasteiger partial charge in [-0.3, -0.25) is 0 Å². The van der Waals surface area contributed by atoms with Gasteiger partial charge >= 0.3 is 0 Å². The molecule has 0 atom stereocenters. The number of ether oxygens (including phenoxy) is 1. The van der Waals surface area contributed by atoms with Crippen LogP contribution in [0.1, 0.15) is 0 Å². The van der Waals surface area contributed by atoms with Gasteiger partial charge in [-0.15, -0.1) is 48.1 Å². The van der Waals surface area contributed by atoms with E-state index in [-0.39, 0.29) is 21.1 Å².